The summed E-state index contributed by atoms with van der Waals surface area (Å²) in [4.78, 5) is 13.9. The van der Waals surface area contributed by atoms with Crippen molar-refractivity contribution in [2.24, 2.45) is 5.92 Å². The zero-order valence-corrected chi connectivity index (χ0v) is 17.8. The molecule has 1 saturated carbocycles. The molecule has 0 spiro atoms. The third-order valence-electron chi connectivity index (χ3n) is 6.03. The summed E-state index contributed by atoms with van der Waals surface area (Å²) in [5, 5.41) is 0. The molecule has 0 radical (unpaired) electrons. The molecule has 0 aliphatic heterocycles. The Morgan fingerprint density at radius 1 is 0.970 bits per heavy atom. The number of rotatable bonds is 5. The lowest BCUT2D eigenvalue weighted by molar-refractivity contribution is -0.146. The van der Waals surface area contributed by atoms with Gasteiger partial charge in [0.15, 0.2) is 0 Å². The number of anilines is 1. The van der Waals surface area contributed by atoms with E-state index in [1.807, 2.05) is 0 Å². The Labute approximate surface area is 186 Å². The number of carbonyl (C=O) groups excluding carboxylic acids is 1. The first-order chi connectivity index (χ1) is 15.4. The van der Waals surface area contributed by atoms with Crippen LogP contribution in [0, 0.1) is 11.7 Å². The summed E-state index contributed by atoms with van der Waals surface area (Å²) >= 11 is 0. The van der Waals surface area contributed by atoms with Gasteiger partial charge in [0.2, 0.25) is 0 Å². The van der Waals surface area contributed by atoms with Gasteiger partial charge < -0.3 is 9.64 Å². The summed E-state index contributed by atoms with van der Waals surface area (Å²) in [5.41, 5.74) is -2.52. The summed E-state index contributed by atoms with van der Waals surface area (Å²) in [6, 6.07) is 6.18. The molecule has 10 heteroatoms. The van der Waals surface area contributed by atoms with Crippen molar-refractivity contribution in [3.05, 3.63) is 65.0 Å². The van der Waals surface area contributed by atoms with E-state index in [0.717, 1.165) is 0 Å². The van der Waals surface area contributed by atoms with Crippen LogP contribution in [-0.4, -0.2) is 25.7 Å². The first-order valence-corrected chi connectivity index (χ1v) is 10.3. The highest BCUT2D eigenvalue weighted by molar-refractivity contribution is 5.75. The standard InChI is InChI=1S/C23H22F7NO2/c1-3-31(17-11-14(22(25,26)27)10-15(12-17)23(28,29)30)19-9-8-18(21(32)33-2)20(19)13-4-6-16(24)7-5-13/h4-7,10-12,18-20H,3,8-9H2,1-2H3/t18-,19-,20+/m0/s1. The SMILES string of the molecule is CCN(c1cc(C(F)(F)F)cc(C(F)(F)F)c1)[C@H]1CC[C@H](C(=O)OC)[C@H]1c1ccc(F)cc1. The van der Waals surface area contributed by atoms with Crippen LogP contribution in [0.1, 0.15) is 42.4 Å². The number of alkyl halides is 6. The van der Waals surface area contributed by atoms with E-state index in [-0.39, 0.29) is 18.3 Å². The molecule has 1 aliphatic carbocycles. The van der Waals surface area contributed by atoms with E-state index in [9.17, 15) is 35.5 Å². The summed E-state index contributed by atoms with van der Waals surface area (Å²) in [6.45, 7) is 1.70. The van der Waals surface area contributed by atoms with Crippen molar-refractivity contribution in [2.75, 3.05) is 18.6 Å². The Bertz CT molecular complexity index is 954. The fourth-order valence-corrected chi connectivity index (χ4v) is 4.60. The van der Waals surface area contributed by atoms with E-state index in [0.29, 0.717) is 30.5 Å². The molecular formula is C23H22F7NO2. The second kappa shape index (κ2) is 9.23. The van der Waals surface area contributed by atoms with E-state index >= 15 is 0 Å². The molecule has 0 N–H and O–H groups in total. The van der Waals surface area contributed by atoms with Crippen molar-refractivity contribution in [2.45, 2.75) is 44.1 Å². The zero-order valence-electron chi connectivity index (χ0n) is 17.8. The normalized spacial score (nSPS) is 21.2. The van der Waals surface area contributed by atoms with Gasteiger partial charge in [0.25, 0.3) is 0 Å². The molecule has 3 nitrogen and oxygen atoms in total. The Kier molecular flexibility index (Phi) is 6.95. The van der Waals surface area contributed by atoms with E-state index < -0.39 is 53.1 Å². The van der Waals surface area contributed by atoms with Gasteiger partial charge in [0.05, 0.1) is 24.2 Å². The van der Waals surface area contributed by atoms with Gasteiger partial charge in [-0.25, -0.2) is 4.39 Å². The maximum absolute atomic E-state index is 13.5. The quantitative estimate of drug-likeness (QED) is 0.368. The van der Waals surface area contributed by atoms with Crippen LogP contribution in [-0.2, 0) is 21.9 Å². The predicted octanol–water partition coefficient (Wildman–Crippen LogP) is 6.43. The van der Waals surface area contributed by atoms with E-state index in [1.54, 1.807) is 6.92 Å². The molecule has 1 aliphatic rings. The van der Waals surface area contributed by atoms with E-state index in [4.69, 9.17) is 4.74 Å². The van der Waals surface area contributed by atoms with E-state index in [2.05, 4.69) is 0 Å². The van der Waals surface area contributed by atoms with Gasteiger partial charge in [-0.1, -0.05) is 12.1 Å². The number of carbonyl (C=O) groups is 1. The van der Waals surface area contributed by atoms with Crippen LogP contribution in [0.3, 0.4) is 0 Å². The first-order valence-electron chi connectivity index (χ1n) is 10.3. The second-order valence-corrected chi connectivity index (χ2v) is 7.90. The molecule has 0 bridgehead atoms. The highest BCUT2D eigenvalue weighted by Crippen LogP contribution is 2.46. The molecule has 0 aromatic heterocycles. The van der Waals surface area contributed by atoms with Crippen molar-refractivity contribution in [3.8, 4) is 0 Å². The summed E-state index contributed by atoms with van der Waals surface area (Å²) in [6.07, 6.45) is -9.31. The number of likely N-dealkylation sites (N-methyl/N-ethyl adjacent to an activating group) is 1. The Morgan fingerprint density at radius 2 is 1.52 bits per heavy atom. The van der Waals surface area contributed by atoms with Crippen LogP contribution in [0.2, 0.25) is 0 Å². The first kappa shape index (κ1) is 24.9. The van der Waals surface area contributed by atoms with Crippen LogP contribution in [0.5, 0.6) is 0 Å². The highest BCUT2D eigenvalue weighted by Gasteiger charge is 2.45. The minimum atomic E-state index is -4.98. The van der Waals surface area contributed by atoms with Crippen molar-refractivity contribution < 1.29 is 40.3 Å². The molecule has 0 unspecified atom stereocenters. The Morgan fingerprint density at radius 3 is 1.97 bits per heavy atom. The highest BCUT2D eigenvalue weighted by atomic mass is 19.4. The lowest BCUT2D eigenvalue weighted by atomic mass is 9.85. The molecule has 33 heavy (non-hydrogen) atoms. The van der Waals surface area contributed by atoms with Crippen molar-refractivity contribution >= 4 is 11.7 Å². The summed E-state index contributed by atoms with van der Waals surface area (Å²) in [5.74, 6) is -2.33. The smallest absolute Gasteiger partial charge is 0.416 e. The van der Waals surface area contributed by atoms with Gasteiger partial charge in [0, 0.05) is 24.2 Å². The van der Waals surface area contributed by atoms with Gasteiger partial charge in [0.1, 0.15) is 5.82 Å². The molecule has 1 fully saturated rings. The van der Waals surface area contributed by atoms with Crippen LogP contribution in [0.15, 0.2) is 42.5 Å². The van der Waals surface area contributed by atoms with Crippen molar-refractivity contribution in [1.29, 1.82) is 0 Å². The minimum absolute atomic E-state index is 0.0840. The second-order valence-electron chi connectivity index (χ2n) is 7.90. The largest absolute Gasteiger partial charge is 0.469 e. The summed E-state index contributed by atoms with van der Waals surface area (Å²) < 4.78 is 98.7. The topological polar surface area (TPSA) is 29.5 Å². The van der Waals surface area contributed by atoms with Crippen LogP contribution >= 0.6 is 0 Å². The number of hydrogen-bond acceptors (Lipinski definition) is 3. The van der Waals surface area contributed by atoms with Gasteiger partial charge in [-0.15, -0.1) is 0 Å². The number of nitrogens with zero attached hydrogens (tertiary/aromatic N) is 1. The zero-order chi connectivity index (χ0) is 24.6. The maximum Gasteiger partial charge on any atom is 0.416 e. The number of hydrogen-bond donors (Lipinski definition) is 0. The van der Waals surface area contributed by atoms with Crippen LogP contribution in [0.25, 0.3) is 0 Å². The number of ether oxygens (including phenoxy) is 1. The van der Waals surface area contributed by atoms with Gasteiger partial charge in [-0.3, -0.25) is 4.79 Å². The third-order valence-corrected chi connectivity index (χ3v) is 6.03. The minimum Gasteiger partial charge on any atom is -0.469 e. The monoisotopic (exact) mass is 477 g/mol. The van der Waals surface area contributed by atoms with Gasteiger partial charge in [-0.05, 0) is 55.7 Å². The number of halogens is 7. The fraction of sp³-hybridized carbons (Fsp3) is 0.435. The average molecular weight is 477 g/mol. The molecule has 0 saturated heterocycles. The molecule has 0 amide bonds. The average Bonchev–Trinajstić information content (AvgIpc) is 3.17. The number of benzene rings is 2. The van der Waals surface area contributed by atoms with Gasteiger partial charge >= 0.3 is 18.3 Å². The Hall–Kier alpha value is -2.78. The van der Waals surface area contributed by atoms with Crippen molar-refractivity contribution in [1.82, 2.24) is 0 Å². The maximum atomic E-state index is 13.5. The molecule has 2 aromatic rings. The lowest BCUT2D eigenvalue weighted by Crippen LogP contribution is -2.39. The molecule has 0 heterocycles. The van der Waals surface area contributed by atoms with Crippen molar-refractivity contribution in [3.63, 3.8) is 0 Å². The molecule has 3 rings (SSSR count). The van der Waals surface area contributed by atoms with E-state index in [1.165, 1.54) is 36.3 Å². The van der Waals surface area contributed by atoms with Gasteiger partial charge in [-0.2, -0.15) is 26.3 Å². The lowest BCUT2D eigenvalue weighted by Gasteiger charge is -2.36. The molecule has 3 atom stereocenters. The molecular weight excluding hydrogens is 455 g/mol. The molecule has 2 aromatic carbocycles. The molecule has 180 valence electrons. The van der Waals surface area contributed by atoms with Crippen LogP contribution in [0.4, 0.5) is 36.4 Å². The van der Waals surface area contributed by atoms with Crippen LogP contribution < -0.4 is 4.90 Å². The summed E-state index contributed by atoms with van der Waals surface area (Å²) in [7, 11) is 1.21. The Balaban J connectivity index is 2.12. The third kappa shape index (κ3) is 5.25. The number of esters is 1. The predicted molar refractivity (Wildman–Crippen MR) is 107 cm³/mol. The fourth-order valence-electron chi connectivity index (χ4n) is 4.60. The number of methoxy groups -OCH3 is 1.